The summed E-state index contributed by atoms with van der Waals surface area (Å²) in [7, 11) is 4.38. The summed E-state index contributed by atoms with van der Waals surface area (Å²) in [4.78, 5) is 40.3. The van der Waals surface area contributed by atoms with Gasteiger partial charge >= 0.3 is 11.9 Å². The molecule has 36 heavy (non-hydrogen) atoms. The second-order valence-corrected chi connectivity index (χ2v) is 9.81. The van der Waals surface area contributed by atoms with Gasteiger partial charge in [0.15, 0.2) is 5.78 Å². The number of allylic oxidation sites excluding steroid dienone is 3. The van der Waals surface area contributed by atoms with Crippen LogP contribution in [0, 0.1) is 11.8 Å². The summed E-state index contributed by atoms with van der Waals surface area (Å²) in [5.74, 6) is -2.32. The molecule has 1 aliphatic heterocycles. The van der Waals surface area contributed by atoms with Crippen molar-refractivity contribution >= 4 is 17.7 Å². The zero-order valence-electron chi connectivity index (χ0n) is 21.6. The van der Waals surface area contributed by atoms with Crippen molar-refractivity contribution in [2.24, 2.45) is 11.8 Å². The first-order chi connectivity index (χ1) is 17.3. The molecule has 0 bridgehead atoms. The van der Waals surface area contributed by atoms with Gasteiger partial charge in [-0.1, -0.05) is 13.3 Å². The molecule has 0 amide bonds. The maximum Gasteiger partial charge on any atom is 0.337 e. The van der Waals surface area contributed by atoms with Crippen LogP contribution in [0.5, 0.6) is 11.5 Å². The molecule has 1 aromatic rings. The molecule has 8 heteroatoms. The number of hydrogen-bond acceptors (Lipinski definition) is 8. The molecule has 0 spiro atoms. The van der Waals surface area contributed by atoms with Crippen LogP contribution in [0.25, 0.3) is 0 Å². The third kappa shape index (κ3) is 4.73. The number of methoxy groups -OCH3 is 3. The van der Waals surface area contributed by atoms with Crippen molar-refractivity contribution in [3.8, 4) is 11.5 Å². The van der Waals surface area contributed by atoms with Gasteiger partial charge in [0, 0.05) is 22.5 Å². The summed E-state index contributed by atoms with van der Waals surface area (Å²) >= 11 is 0. The number of hydrogen-bond donors (Lipinski definition) is 1. The monoisotopic (exact) mass is 497 g/mol. The minimum atomic E-state index is -0.955. The van der Waals surface area contributed by atoms with Crippen molar-refractivity contribution in [3.05, 3.63) is 46.3 Å². The van der Waals surface area contributed by atoms with E-state index in [4.69, 9.17) is 18.9 Å². The van der Waals surface area contributed by atoms with Crippen molar-refractivity contribution < 1.29 is 33.3 Å². The standard InChI is InChI=1S/C28H35NO7/c1-15-13-20-25(26(30)22(15)27(31)35-5)24(19-14-18(33-3)11-12-21(19)34-4)23(16(2)29-20)28(32)36-17-9-7-6-8-10-17/h11-12,14-15,17,22,24,29H,6-10,13H2,1-5H3. The van der Waals surface area contributed by atoms with Crippen LogP contribution in [0.3, 0.4) is 0 Å². The van der Waals surface area contributed by atoms with E-state index in [9.17, 15) is 14.4 Å². The average Bonchev–Trinajstić information content (AvgIpc) is 2.87. The SMILES string of the molecule is COC(=O)C1C(=O)C2=C(CC1C)NC(C)=C(C(=O)OC1CCCCC1)C2c1cc(OC)ccc1OC. The molecule has 194 valence electrons. The quantitative estimate of drug-likeness (QED) is 0.461. The normalized spacial score (nSPS) is 24.6. The van der Waals surface area contributed by atoms with Gasteiger partial charge < -0.3 is 24.3 Å². The van der Waals surface area contributed by atoms with Gasteiger partial charge in [-0.3, -0.25) is 9.59 Å². The highest BCUT2D eigenvalue weighted by Crippen LogP contribution is 2.48. The lowest BCUT2D eigenvalue weighted by atomic mass is 9.69. The highest BCUT2D eigenvalue weighted by Gasteiger charge is 2.48. The Morgan fingerprint density at radius 2 is 1.75 bits per heavy atom. The third-order valence-corrected chi connectivity index (χ3v) is 7.54. The van der Waals surface area contributed by atoms with Crippen LogP contribution in [0.1, 0.15) is 63.9 Å². The van der Waals surface area contributed by atoms with Crippen LogP contribution in [0.2, 0.25) is 0 Å². The van der Waals surface area contributed by atoms with E-state index >= 15 is 0 Å². The Morgan fingerprint density at radius 1 is 1.03 bits per heavy atom. The number of ether oxygens (including phenoxy) is 4. The lowest BCUT2D eigenvalue weighted by Gasteiger charge is -2.39. The summed E-state index contributed by atoms with van der Waals surface area (Å²) < 4.78 is 22.1. The maximum atomic E-state index is 13.9. The Balaban J connectivity index is 1.86. The van der Waals surface area contributed by atoms with Gasteiger partial charge in [0.05, 0.1) is 32.8 Å². The Bertz CT molecular complexity index is 1110. The van der Waals surface area contributed by atoms with E-state index in [0.29, 0.717) is 46.0 Å². The molecule has 3 unspecified atom stereocenters. The van der Waals surface area contributed by atoms with Crippen LogP contribution in [-0.2, 0) is 23.9 Å². The van der Waals surface area contributed by atoms with Crippen LogP contribution >= 0.6 is 0 Å². The van der Waals surface area contributed by atoms with E-state index in [1.807, 2.05) is 13.8 Å². The molecule has 0 aromatic heterocycles. The predicted molar refractivity (Wildman–Crippen MR) is 132 cm³/mol. The Labute approximate surface area is 212 Å². The summed E-state index contributed by atoms with van der Waals surface area (Å²) in [5, 5.41) is 3.30. The van der Waals surface area contributed by atoms with Crippen molar-refractivity contribution in [1.82, 2.24) is 5.32 Å². The molecule has 1 N–H and O–H groups in total. The Hall–Kier alpha value is -3.29. The Kier molecular flexibility index (Phi) is 7.71. The van der Waals surface area contributed by atoms with Gasteiger partial charge in [0.25, 0.3) is 0 Å². The minimum absolute atomic E-state index is 0.153. The van der Waals surface area contributed by atoms with E-state index in [1.165, 1.54) is 7.11 Å². The van der Waals surface area contributed by atoms with Gasteiger partial charge in [-0.2, -0.15) is 0 Å². The number of carbonyl (C=O) groups excluding carboxylic acids is 3. The molecular formula is C28H35NO7. The fourth-order valence-electron chi connectivity index (χ4n) is 5.72. The number of benzene rings is 1. The highest BCUT2D eigenvalue weighted by molar-refractivity contribution is 6.12. The first-order valence-electron chi connectivity index (χ1n) is 12.6. The minimum Gasteiger partial charge on any atom is -0.497 e. The van der Waals surface area contributed by atoms with Crippen LogP contribution < -0.4 is 14.8 Å². The lowest BCUT2D eigenvalue weighted by molar-refractivity contribution is -0.151. The molecule has 3 aliphatic rings. The number of Topliss-reactive ketones (excluding diaryl/α,β-unsaturated/α-hetero) is 1. The van der Waals surface area contributed by atoms with Crippen molar-refractivity contribution in [2.45, 2.75) is 64.4 Å². The van der Waals surface area contributed by atoms with E-state index in [0.717, 1.165) is 32.1 Å². The molecule has 1 fully saturated rings. The van der Waals surface area contributed by atoms with E-state index < -0.39 is 23.8 Å². The smallest absolute Gasteiger partial charge is 0.337 e. The van der Waals surface area contributed by atoms with Crippen LogP contribution in [0.4, 0.5) is 0 Å². The first-order valence-corrected chi connectivity index (χ1v) is 12.6. The lowest BCUT2D eigenvalue weighted by Crippen LogP contribution is -2.43. The van der Waals surface area contributed by atoms with Crippen molar-refractivity contribution in [3.63, 3.8) is 0 Å². The highest BCUT2D eigenvalue weighted by atomic mass is 16.5. The second kappa shape index (κ2) is 10.8. The molecule has 4 rings (SSSR count). The molecule has 1 aromatic carbocycles. The Morgan fingerprint density at radius 3 is 2.39 bits per heavy atom. The first kappa shape index (κ1) is 25.8. The summed E-state index contributed by atoms with van der Waals surface area (Å²) in [6.45, 7) is 3.68. The topological polar surface area (TPSA) is 100 Å². The van der Waals surface area contributed by atoms with Crippen LogP contribution in [-0.4, -0.2) is 45.2 Å². The summed E-state index contributed by atoms with van der Waals surface area (Å²) in [5.41, 5.74) is 2.65. The number of dihydropyridines is 1. The van der Waals surface area contributed by atoms with Gasteiger partial charge in [-0.05, 0) is 63.1 Å². The molecule has 2 aliphatic carbocycles. The molecule has 8 nitrogen and oxygen atoms in total. The summed E-state index contributed by atoms with van der Waals surface area (Å²) in [6, 6.07) is 5.29. The van der Waals surface area contributed by atoms with Gasteiger partial charge in [0.2, 0.25) is 0 Å². The van der Waals surface area contributed by atoms with Crippen molar-refractivity contribution in [2.75, 3.05) is 21.3 Å². The molecule has 1 saturated carbocycles. The number of carbonyl (C=O) groups is 3. The van der Waals surface area contributed by atoms with E-state index in [2.05, 4.69) is 5.32 Å². The fourth-order valence-corrected chi connectivity index (χ4v) is 5.72. The van der Waals surface area contributed by atoms with Crippen molar-refractivity contribution in [1.29, 1.82) is 0 Å². The van der Waals surface area contributed by atoms with Gasteiger partial charge in [-0.25, -0.2) is 4.79 Å². The molecule has 0 saturated heterocycles. The number of ketones is 1. The maximum absolute atomic E-state index is 13.9. The van der Waals surface area contributed by atoms with Gasteiger partial charge in [0.1, 0.15) is 23.5 Å². The van der Waals surface area contributed by atoms with Crippen LogP contribution in [0.15, 0.2) is 40.7 Å². The molecule has 3 atom stereocenters. The number of esters is 2. The molecule has 0 radical (unpaired) electrons. The summed E-state index contributed by atoms with van der Waals surface area (Å²) in [6.07, 6.45) is 5.15. The second-order valence-electron chi connectivity index (χ2n) is 9.81. The molecule has 1 heterocycles. The fraction of sp³-hybridized carbons (Fsp3) is 0.536. The zero-order valence-corrected chi connectivity index (χ0v) is 21.6. The van der Waals surface area contributed by atoms with E-state index in [-0.39, 0.29) is 17.8 Å². The zero-order chi connectivity index (χ0) is 26.0. The van der Waals surface area contributed by atoms with Gasteiger partial charge in [-0.15, -0.1) is 0 Å². The molecular weight excluding hydrogens is 462 g/mol. The number of rotatable bonds is 6. The average molecular weight is 498 g/mol. The van der Waals surface area contributed by atoms with E-state index in [1.54, 1.807) is 32.4 Å². The largest absolute Gasteiger partial charge is 0.497 e. The predicted octanol–water partition coefficient (Wildman–Crippen LogP) is 4.19. The third-order valence-electron chi connectivity index (χ3n) is 7.54. The number of nitrogens with one attached hydrogen (secondary N) is 1.